The third-order valence-corrected chi connectivity index (χ3v) is 5.41. The second-order valence-corrected chi connectivity index (χ2v) is 11.0. The van der Waals surface area contributed by atoms with Crippen LogP contribution in [0.25, 0.3) is 0 Å². The van der Waals surface area contributed by atoms with Gasteiger partial charge in [0, 0.05) is 24.9 Å². The van der Waals surface area contributed by atoms with Gasteiger partial charge < -0.3 is 34.7 Å². The summed E-state index contributed by atoms with van der Waals surface area (Å²) in [5, 5.41) is 1.56. The molecule has 0 fully saturated rings. The summed E-state index contributed by atoms with van der Waals surface area (Å²) in [5.74, 6) is -1.61. The SMILES string of the molecule is COC(=O)/C([S-])=C(/[S-])C(=O)OC.C[Si](C)(C)[c-]1cccc1.[Co]. The van der Waals surface area contributed by atoms with Crippen LogP contribution in [-0.2, 0) is 61.1 Å². The van der Waals surface area contributed by atoms with Gasteiger partial charge in [0.2, 0.25) is 0 Å². The Morgan fingerprint density at radius 1 is 0.909 bits per heavy atom. The zero-order valence-corrected chi connectivity index (χ0v) is 16.8. The first-order valence-corrected chi connectivity index (χ1v) is 10.4. The number of hydrogen-bond donors (Lipinski definition) is 0. The van der Waals surface area contributed by atoms with E-state index in [1.807, 2.05) is 0 Å². The summed E-state index contributed by atoms with van der Waals surface area (Å²) < 4.78 is 8.50. The van der Waals surface area contributed by atoms with Crippen molar-refractivity contribution in [2.24, 2.45) is 0 Å². The van der Waals surface area contributed by atoms with Crippen molar-refractivity contribution in [3.8, 4) is 0 Å². The fraction of sp³-hybridized carbons (Fsp3) is 0.357. The predicted molar refractivity (Wildman–Crippen MR) is 90.8 cm³/mol. The Morgan fingerprint density at radius 3 is 1.41 bits per heavy atom. The van der Waals surface area contributed by atoms with Gasteiger partial charge >= 0.3 is 11.9 Å². The Labute approximate surface area is 154 Å². The van der Waals surface area contributed by atoms with E-state index in [1.54, 1.807) is 5.19 Å². The Morgan fingerprint density at radius 2 is 1.23 bits per heavy atom. The number of ether oxygens (including phenoxy) is 2. The second-order valence-electron chi connectivity index (χ2n) is 5.06. The number of rotatable bonds is 3. The van der Waals surface area contributed by atoms with Crippen LogP contribution in [0.1, 0.15) is 0 Å². The van der Waals surface area contributed by atoms with E-state index in [4.69, 9.17) is 0 Å². The van der Waals surface area contributed by atoms with Crippen LogP contribution in [0.2, 0.25) is 19.6 Å². The number of hydrogen-bond acceptors (Lipinski definition) is 6. The third kappa shape index (κ3) is 7.99. The van der Waals surface area contributed by atoms with E-state index in [0.29, 0.717) is 0 Å². The minimum Gasteiger partial charge on any atom is -0.774 e. The van der Waals surface area contributed by atoms with Crippen LogP contribution < -0.4 is 5.19 Å². The number of esters is 2. The van der Waals surface area contributed by atoms with Gasteiger partial charge in [-0.3, -0.25) is 0 Å². The molecule has 8 heteroatoms. The zero-order valence-electron chi connectivity index (χ0n) is 13.1. The van der Waals surface area contributed by atoms with Crippen molar-refractivity contribution in [1.29, 1.82) is 0 Å². The molecule has 0 heterocycles. The molecule has 0 amide bonds. The molecule has 0 aromatic heterocycles. The summed E-state index contributed by atoms with van der Waals surface area (Å²) in [7, 11) is 1.31. The third-order valence-electron chi connectivity index (χ3n) is 2.48. The van der Waals surface area contributed by atoms with Crippen molar-refractivity contribution in [1.82, 2.24) is 0 Å². The summed E-state index contributed by atoms with van der Waals surface area (Å²) in [6, 6.07) is 8.69. The van der Waals surface area contributed by atoms with Crippen LogP contribution in [0.4, 0.5) is 0 Å². The van der Waals surface area contributed by atoms with Crippen LogP contribution in [-0.4, -0.2) is 34.2 Å². The zero-order chi connectivity index (χ0) is 16.6. The minimum absolute atomic E-state index is 0. The molecule has 0 saturated heterocycles. The summed E-state index contributed by atoms with van der Waals surface area (Å²) in [6.07, 6.45) is 0. The Kier molecular flexibility index (Phi) is 11.6. The Balaban J connectivity index is 0. The van der Waals surface area contributed by atoms with Gasteiger partial charge in [-0.05, 0) is 0 Å². The normalized spacial score (nSPS) is 11.1. The first kappa shape index (κ1) is 23.5. The summed E-state index contributed by atoms with van der Waals surface area (Å²) in [6.45, 7) is 7.09. The molecule has 1 aromatic carbocycles. The Hall–Kier alpha value is -0.807. The number of carbonyl (C=O) groups is 2. The molecule has 0 saturated carbocycles. The quantitative estimate of drug-likeness (QED) is 0.252. The summed E-state index contributed by atoms with van der Waals surface area (Å²) >= 11 is 9.05. The van der Waals surface area contributed by atoms with E-state index >= 15 is 0 Å². The average molecular weight is 402 g/mol. The van der Waals surface area contributed by atoms with Gasteiger partial charge in [0.15, 0.2) is 0 Å². The van der Waals surface area contributed by atoms with Crippen LogP contribution in [0.15, 0.2) is 34.1 Å². The molecule has 0 bridgehead atoms. The summed E-state index contributed by atoms with van der Waals surface area (Å²) in [5.41, 5.74) is 0. The van der Waals surface area contributed by atoms with Crippen molar-refractivity contribution in [2.45, 2.75) is 19.6 Å². The maximum Gasteiger partial charge on any atom is 0.309 e. The topological polar surface area (TPSA) is 52.6 Å². The van der Waals surface area contributed by atoms with Gasteiger partial charge in [0.25, 0.3) is 0 Å². The van der Waals surface area contributed by atoms with Gasteiger partial charge in [-0.25, -0.2) is 21.7 Å². The molecule has 0 aliphatic carbocycles. The molecular weight excluding hydrogens is 383 g/mol. The molecule has 1 rings (SSSR count). The van der Waals surface area contributed by atoms with Crippen LogP contribution in [0.5, 0.6) is 0 Å². The molecule has 1 radical (unpaired) electrons. The molecule has 22 heavy (non-hydrogen) atoms. The van der Waals surface area contributed by atoms with Gasteiger partial charge in [-0.1, -0.05) is 19.6 Å². The van der Waals surface area contributed by atoms with E-state index in [-0.39, 0.29) is 26.6 Å². The van der Waals surface area contributed by atoms with Gasteiger partial charge in [0.05, 0.1) is 14.2 Å². The van der Waals surface area contributed by atoms with Gasteiger partial charge in [-0.15, -0.1) is 9.81 Å². The molecule has 0 aliphatic rings. The van der Waals surface area contributed by atoms with Crippen LogP contribution in [0, 0.1) is 0 Å². The summed E-state index contributed by atoms with van der Waals surface area (Å²) in [4.78, 5) is 20.8. The molecule has 0 unspecified atom stereocenters. The second kappa shape index (κ2) is 10.8. The molecule has 0 N–H and O–H groups in total. The molecular formula is C14H19CoO4S2Si-3. The van der Waals surface area contributed by atoms with E-state index in [1.165, 1.54) is 0 Å². The molecule has 4 nitrogen and oxygen atoms in total. The van der Waals surface area contributed by atoms with Crippen molar-refractivity contribution < 1.29 is 35.8 Å². The van der Waals surface area contributed by atoms with Crippen molar-refractivity contribution >= 4 is 50.5 Å². The molecule has 0 spiro atoms. The number of methoxy groups -OCH3 is 2. The molecule has 1 aromatic rings. The van der Waals surface area contributed by atoms with E-state index in [0.717, 1.165) is 14.2 Å². The average Bonchev–Trinajstić information content (AvgIpc) is 2.98. The minimum atomic E-state index is -0.981. The Bertz CT molecular complexity index is 483. The smallest absolute Gasteiger partial charge is 0.309 e. The molecule has 127 valence electrons. The number of carbonyl (C=O) groups excluding carboxylic acids is 2. The largest absolute Gasteiger partial charge is 0.774 e. The van der Waals surface area contributed by atoms with Crippen LogP contribution in [0.3, 0.4) is 0 Å². The maximum atomic E-state index is 10.7. The fourth-order valence-electron chi connectivity index (χ4n) is 1.24. The van der Waals surface area contributed by atoms with Gasteiger partial charge in [-0.2, -0.15) is 17.3 Å². The maximum absolute atomic E-state index is 10.7. The molecule has 0 aliphatic heterocycles. The van der Waals surface area contributed by atoms with E-state index in [2.05, 4.69) is 78.6 Å². The van der Waals surface area contributed by atoms with Gasteiger partial charge in [0.1, 0.15) is 0 Å². The van der Waals surface area contributed by atoms with E-state index < -0.39 is 20.0 Å². The monoisotopic (exact) mass is 402 g/mol. The molecule has 0 atom stereocenters. The van der Waals surface area contributed by atoms with Crippen molar-refractivity contribution in [3.05, 3.63) is 34.1 Å². The van der Waals surface area contributed by atoms with E-state index in [9.17, 15) is 9.59 Å². The van der Waals surface area contributed by atoms with Crippen molar-refractivity contribution in [2.75, 3.05) is 14.2 Å². The predicted octanol–water partition coefficient (Wildman–Crippen LogP) is 1.59. The first-order chi connectivity index (χ1) is 9.65. The first-order valence-electron chi connectivity index (χ1n) is 6.12. The van der Waals surface area contributed by atoms with Crippen molar-refractivity contribution in [3.63, 3.8) is 0 Å². The van der Waals surface area contributed by atoms with Crippen LogP contribution >= 0.6 is 0 Å². The fourth-order valence-corrected chi connectivity index (χ4v) is 2.77. The standard InChI is InChI=1S/C8H13Si.C6H8O4S2.Co/c1-9(2,3)8-6-4-5-7-8;1-9-5(7)3(11)4(12)6(8)10-2;/h4-7H,1-3H3;11-12H,1-2H3;/q-1;;/p-2/b;4-3-;.